The number of allylic oxidation sites excluding steroid dienone is 2. The minimum Gasteiger partial charge on any atom is -0.478 e. The van der Waals surface area contributed by atoms with Crippen molar-refractivity contribution in [3.63, 3.8) is 0 Å². The molecule has 0 aliphatic carbocycles. The molecule has 0 aromatic rings. The fraction of sp³-hybridized carbons (Fsp3) is 0.250. The largest absolute Gasteiger partial charge is 0.478 e. The van der Waals surface area contributed by atoms with Crippen LogP contribution in [-0.4, -0.2) is 22.2 Å². The lowest BCUT2D eigenvalue weighted by atomic mass is 10.2. The summed E-state index contributed by atoms with van der Waals surface area (Å²) in [6, 6.07) is 0. The van der Waals surface area contributed by atoms with Crippen LogP contribution in [0.1, 0.15) is 13.3 Å². The summed E-state index contributed by atoms with van der Waals surface area (Å²) in [5.41, 5.74) is 0.188. The van der Waals surface area contributed by atoms with Gasteiger partial charge in [-0.25, -0.2) is 9.59 Å². The zero-order valence-electron chi connectivity index (χ0n) is 6.65. The maximum atomic E-state index is 10.4. The maximum Gasteiger partial charge on any atom is 0.331 e. The van der Waals surface area contributed by atoms with Crippen LogP contribution in [0.5, 0.6) is 0 Å². The second kappa shape index (κ2) is 5.12. The number of carboxylic acids is 2. The molecule has 0 aromatic heterocycles. The van der Waals surface area contributed by atoms with Gasteiger partial charge in [0.25, 0.3) is 0 Å². The van der Waals surface area contributed by atoms with E-state index in [1.807, 2.05) is 0 Å². The minimum atomic E-state index is -1.09. The molecule has 0 amide bonds. The lowest BCUT2D eigenvalue weighted by molar-refractivity contribution is -0.133. The third-order valence-corrected chi connectivity index (χ3v) is 1.19. The predicted octanol–water partition coefficient (Wildman–Crippen LogP) is 1.05. The second-order valence-electron chi connectivity index (χ2n) is 2.05. The summed E-state index contributed by atoms with van der Waals surface area (Å²) < 4.78 is 0. The molecule has 0 heterocycles. The molecule has 0 atom stereocenters. The number of rotatable bonds is 4. The number of hydrogen-bond donors (Lipinski definition) is 2. The van der Waals surface area contributed by atoms with Crippen molar-refractivity contribution in [3.8, 4) is 0 Å². The standard InChI is InChI=1S/C8H10O4/c1-2-6(8(11)12)4-3-5-7(9)10/h3-5H,2H2,1H3,(H,9,10)(H,11,12). The van der Waals surface area contributed by atoms with E-state index in [0.29, 0.717) is 6.42 Å². The van der Waals surface area contributed by atoms with Crippen LogP contribution >= 0.6 is 0 Å². The van der Waals surface area contributed by atoms with Crippen molar-refractivity contribution in [2.75, 3.05) is 0 Å². The molecule has 0 aliphatic heterocycles. The molecule has 0 aromatic carbocycles. The Morgan fingerprint density at radius 2 is 1.92 bits per heavy atom. The first kappa shape index (κ1) is 10.4. The highest BCUT2D eigenvalue weighted by Gasteiger charge is 2.00. The van der Waals surface area contributed by atoms with E-state index in [4.69, 9.17) is 10.2 Å². The summed E-state index contributed by atoms with van der Waals surface area (Å²) in [4.78, 5) is 20.3. The Labute approximate surface area is 69.8 Å². The zero-order chi connectivity index (χ0) is 9.56. The van der Waals surface area contributed by atoms with Crippen LogP contribution in [-0.2, 0) is 9.59 Å². The van der Waals surface area contributed by atoms with E-state index in [9.17, 15) is 9.59 Å². The molecule has 0 rings (SSSR count). The third-order valence-electron chi connectivity index (χ3n) is 1.19. The molecule has 0 aliphatic rings. The summed E-state index contributed by atoms with van der Waals surface area (Å²) in [7, 11) is 0. The maximum absolute atomic E-state index is 10.4. The summed E-state index contributed by atoms with van der Waals surface area (Å²) in [6.07, 6.45) is 3.74. The average Bonchev–Trinajstić information content (AvgIpc) is 1.96. The first-order valence-corrected chi connectivity index (χ1v) is 3.41. The van der Waals surface area contributed by atoms with Gasteiger partial charge < -0.3 is 10.2 Å². The van der Waals surface area contributed by atoms with Gasteiger partial charge in [0.05, 0.1) is 0 Å². The van der Waals surface area contributed by atoms with Crippen LogP contribution in [0.4, 0.5) is 0 Å². The first-order chi connectivity index (χ1) is 5.57. The molecule has 4 nitrogen and oxygen atoms in total. The van der Waals surface area contributed by atoms with Crippen LogP contribution < -0.4 is 0 Å². The molecule has 4 heteroatoms. The van der Waals surface area contributed by atoms with Crippen LogP contribution in [0.2, 0.25) is 0 Å². The van der Waals surface area contributed by atoms with Crippen molar-refractivity contribution in [3.05, 3.63) is 23.8 Å². The van der Waals surface area contributed by atoms with Crippen LogP contribution in [0.25, 0.3) is 0 Å². The first-order valence-electron chi connectivity index (χ1n) is 3.41. The highest BCUT2D eigenvalue weighted by Crippen LogP contribution is 2.00. The van der Waals surface area contributed by atoms with Crippen molar-refractivity contribution in [2.45, 2.75) is 13.3 Å². The molecule has 0 fully saturated rings. The Morgan fingerprint density at radius 1 is 1.33 bits per heavy atom. The lowest BCUT2D eigenvalue weighted by Gasteiger charge is -1.92. The molecule has 66 valence electrons. The smallest absolute Gasteiger partial charge is 0.331 e. The molecule has 0 unspecified atom stereocenters. The van der Waals surface area contributed by atoms with Crippen LogP contribution in [0.3, 0.4) is 0 Å². The van der Waals surface area contributed by atoms with Crippen molar-refractivity contribution < 1.29 is 19.8 Å². The van der Waals surface area contributed by atoms with Gasteiger partial charge in [-0.3, -0.25) is 0 Å². The van der Waals surface area contributed by atoms with Gasteiger partial charge in [0, 0.05) is 11.6 Å². The SMILES string of the molecule is CCC(=CC=CC(=O)O)C(=O)O. The van der Waals surface area contributed by atoms with Gasteiger partial charge in [0.2, 0.25) is 0 Å². The van der Waals surface area contributed by atoms with Gasteiger partial charge in [-0.15, -0.1) is 0 Å². The van der Waals surface area contributed by atoms with Gasteiger partial charge in [0.1, 0.15) is 0 Å². The Kier molecular flexibility index (Phi) is 4.45. The predicted molar refractivity (Wildman–Crippen MR) is 42.8 cm³/mol. The van der Waals surface area contributed by atoms with E-state index in [0.717, 1.165) is 6.08 Å². The fourth-order valence-corrected chi connectivity index (χ4v) is 0.587. The monoisotopic (exact) mass is 170 g/mol. The molecule has 2 N–H and O–H groups in total. The quantitative estimate of drug-likeness (QED) is 0.488. The minimum absolute atomic E-state index is 0.188. The molecule has 0 saturated heterocycles. The van der Waals surface area contributed by atoms with E-state index in [-0.39, 0.29) is 5.57 Å². The normalized spacial score (nSPS) is 11.9. The average molecular weight is 170 g/mol. The Balaban J connectivity index is 4.31. The summed E-state index contributed by atoms with van der Waals surface area (Å²) in [6.45, 7) is 1.69. The molecule has 0 bridgehead atoms. The lowest BCUT2D eigenvalue weighted by Crippen LogP contribution is -1.98. The Bertz CT molecular complexity index is 237. The number of aliphatic carboxylic acids is 2. The molecule has 0 saturated carbocycles. The highest BCUT2D eigenvalue weighted by atomic mass is 16.4. The van der Waals surface area contributed by atoms with Crippen molar-refractivity contribution >= 4 is 11.9 Å². The summed E-state index contributed by atoms with van der Waals surface area (Å²) in [5, 5.41) is 16.7. The Hall–Kier alpha value is -1.58. The summed E-state index contributed by atoms with van der Waals surface area (Å²) >= 11 is 0. The number of hydrogen-bond acceptors (Lipinski definition) is 2. The van der Waals surface area contributed by atoms with Crippen molar-refractivity contribution in [1.82, 2.24) is 0 Å². The van der Waals surface area contributed by atoms with E-state index >= 15 is 0 Å². The second-order valence-corrected chi connectivity index (χ2v) is 2.05. The molecule has 12 heavy (non-hydrogen) atoms. The van der Waals surface area contributed by atoms with Gasteiger partial charge in [-0.1, -0.05) is 19.1 Å². The van der Waals surface area contributed by atoms with E-state index in [1.165, 1.54) is 12.2 Å². The third kappa shape index (κ3) is 4.27. The van der Waals surface area contributed by atoms with E-state index in [2.05, 4.69) is 0 Å². The fourth-order valence-electron chi connectivity index (χ4n) is 0.587. The molecular weight excluding hydrogens is 160 g/mol. The van der Waals surface area contributed by atoms with E-state index < -0.39 is 11.9 Å². The number of carboxylic acid groups (broad SMARTS) is 2. The van der Waals surface area contributed by atoms with Gasteiger partial charge in [0.15, 0.2) is 0 Å². The van der Waals surface area contributed by atoms with Crippen molar-refractivity contribution in [2.24, 2.45) is 0 Å². The van der Waals surface area contributed by atoms with Crippen LogP contribution in [0, 0.1) is 0 Å². The molecular formula is C8H10O4. The van der Waals surface area contributed by atoms with Crippen molar-refractivity contribution in [1.29, 1.82) is 0 Å². The number of carbonyl (C=O) groups is 2. The van der Waals surface area contributed by atoms with Gasteiger partial charge >= 0.3 is 11.9 Å². The van der Waals surface area contributed by atoms with Crippen LogP contribution in [0.15, 0.2) is 23.8 Å². The molecule has 0 radical (unpaired) electrons. The zero-order valence-corrected chi connectivity index (χ0v) is 6.65. The Morgan fingerprint density at radius 3 is 2.25 bits per heavy atom. The molecule has 0 spiro atoms. The topological polar surface area (TPSA) is 74.6 Å². The van der Waals surface area contributed by atoms with Gasteiger partial charge in [-0.05, 0) is 6.42 Å². The van der Waals surface area contributed by atoms with Gasteiger partial charge in [-0.2, -0.15) is 0 Å². The summed E-state index contributed by atoms with van der Waals surface area (Å²) in [5.74, 6) is -2.11. The van der Waals surface area contributed by atoms with E-state index in [1.54, 1.807) is 6.92 Å². The highest BCUT2D eigenvalue weighted by molar-refractivity contribution is 5.87.